The van der Waals surface area contributed by atoms with Gasteiger partial charge in [-0.3, -0.25) is 19.3 Å². The summed E-state index contributed by atoms with van der Waals surface area (Å²) in [6.07, 6.45) is 3.05. The highest BCUT2D eigenvalue weighted by molar-refractivity contribution is 7.71. The molecule has 7 nitrogen and oxygen atoms in total. The van der Waals surface area contributed by atoms with Crippen molar-refractivity contribution in [3.8, 4) is 0 Å². The van der Waals surface area contributed by atoms with Crippen molar-refractivity contribution in [1.29, 1.82) is 0 Å². The van der Waals surface area contributed by atoms with Gasteiger partial charge in [0.15, 0.2) is 4.77 Å². The van der Waals surface area contributed by atoms with E-state index in [0.717, 1.165) is 30.8 Å². The average molecular weight is 359 g/mol. The number of aromatic nitrogens is 3. The Kier molecular flexibility index (Phi) is 5.28. The average Bonchev–Trinajstić information content (AvgIpc) is 3.16. The molecule has 8 heteroatoms. The van der Waals surface area contributed by atoms with Crippen molar-refractivity contribution < 1.29 is 9.59 Å². The molecule has 0 atom stereocenters. The maximum atomic E-state index is 12.5. The fourth-order valence-electron chi connectivity index (χ4n) is 2.98. The molecule has 2 aromatic rings. The van der Waals surface area contributed by atoms with E-state index in [-0.39, 0.29) is 18.4 Å². The number of carbonyl (C=O) groups is 2. The highest BCUT2D eigenvalue weighted by Crippen LogP contribution is 2.29. The van der Waals surface area contributed by atoms with Crippen LogP contribution in [-0.4, -0.2) is 33.1 Å². The molecule has 1 aromatic carbocycles. The van der Waals surface area contributed by atoms with Crippen LogP contribution in [-0.2, 0) is 22.6 Å². The number of aromatic amines is 1. The maximum absolute atomic E-state index is 12.5. The largest absolute Gasteiger partial charge is 0.323 e. The fourth-order valence-corrected chi connectivity index (χ4v) is 3.19. The zero-order valence-corrected chi connectivity index (χ0v) is 14.9. The van der Waals surface area contributed by atoms with Gasteiger partial charge in [0, 0.05) is 19.4 Å². The first-order chi connectivity index (χ1) is 12.1. The van der Waals surface area contributed by atoms with E-state index >= 15 is 0 Å². The van der Waals surface area contributed by atoms with Gasteiger partial charge in [-0.2, -0.15) is 5.10 Å². The first-order valence-corrected chi connectivity index (χ1v) is 8.84. The third-order valence-corrected chi connectivity index (χ3v) is 4.47. The number of nitrogens with one attached hydrogen (secondary N) is 2. The minimum atomic E-state index is -0.200. The first-order valence-electron chi connectivity index (χ1n) is 8.43. The quantitative estimate of drug-likeness (QED) is 0.777. The van der Waals surface area contributed by atoms with Crippen LogP contribution in [0.1, 0.15) is 32.0 Å². The number of benzene rings is 1. The van der Waals surface area contributed by atoms with E-state index < -0.39 is 0 Å². The van der Waals surface area contributed by atoms with E-state index in [1.807, 2.05) is 25.1 Å². The number of amides is 2. The Balaban J connectivity index is 1.77. The standard InChI is InChI=1S/C17H21N5O2S/c1-2-6-14-19-20-17(25)22(14)11-15(23)18-12-7-3-4-8-13(12)21-10-5-9-16(21)24/h3-4,7-8H,2,5-6,9-11H2,1H3,(H,18,23)(H,20,25). The molecule has 2 N–H and O–H groups in total. The number of rotatable bonds is 6. The molecule has 2 heterocycles. The lowest BCUT2D eigenvalue weighted by atomic mass is 10.2. The molecule has 1 aliphatic rings. The van der Waals surface area contributed by atoms with Crippen LogP contribution in [0.4, 0.5) is 11.4 Å². The number of anilines is 2. The van der Waals surface area contributed by atoms with Crippen molar-refractivity contribution in [3.05, 3.63) is 34.9 Å². The molecule has 1 aliphatic heterocycles. The van der Waals surface area contributed by atoms with Crippen LogP contribution in [0.3, 0.4) is 0 Å². The molecule has 1 aromatic heterocycles. The maximum Gasteiger partial charge on any atom is 0.244 e. The van der Waals surface area contributed by atoms with Crippen LogP contribution < -0.4 is 10.2 Å². The summed E-state index contributed by atoms with van der Waals surface area (Å²) >= 11 is 5.21. The Morgan fingerprint density at radius 1 is 1.40 bits per heavy atom. The number of hydrogen-bond acceptors (Lipinski definition) is 4. The highest BCUT2D eigenvalue weighted by Gasteiger charge is 2.24. The number of H-pyrrole nitrogens is 1. The zero-order chi connectivity index (χ0) is 17.8. The number of nitrogens with zero attached hydrogens (tertiary/aromatic N) is 3. The van der Waals surface area contributed by atoms with Crippen molar-refractivity contribution in [2.45, 2.75) is 39.2 Å². The van der Waals surface area contributed by atoms with Gasteiger partial charge in [0.05, 0.1) is 11.4 Å². The van der Waals surface area contributed by atoms with Crippen LogP contribution in [0.2, 0.25) is 0 Å². The van der Waals surface area contributed by atoms with E-state index in [9.17, 15) is 9.59 Å². The number of hydrogen-bond donors (Lipinski definition) is 2. The van der Waals surface area contributed by atoms with Crippen LogP contribution in [0, 0.1) is 4.77 Å². The van der Waals surface area contributed by atoms with Crippen molar-refractivity contribution >= 4 is 35.4 Å². The van der Waals surface area contributed by atoms with E-state index in [1.165, 1.54) is 0 Å². The molecule has 0 spiro atoms. The van der Waals surface area contributed by atoms with Crippen molar-refractivity contribution in [2.75, 3.05) is 16.8 Å². The minimum Gasteiger partial charge on any atom is -0.323 e. The second kappa shape index (κ2) is 7.60. The van der Waals surface area contributed by atoms with Crippen LogP contribution in [0.15, 0.2) is 24.3 Å². The number of para-hydroxylation sites is 2. The van der Waals surface area contributed by atoms with Crippen LogP contribution in [0.5, 0.6) is 0 Å². The molecule has 2 amide bonds. The van der Waals surface area contributed by atoms with Gasteiger partial charge in [0.2, 0.25) is 11.8 Å². The third kappa shape index (κ3) is 3.79. The van der Waals surface area contributed by atoms with Crippen molar-refractivity contribution in [3.63, 3.8) is 0 Å². The summed E-state index contributed by atoms with van der Waals surface area (Å²) in [6.45, 7) is 2.82. The summed E-state index contributed by atoms with van der Waals surface area (Å²) < 4.78 is 2.14. The Bertz CT molecular complexity index is 842. The second-order valence-electron chi connectivity index (χ2n) is 6.00. The van der Waals surface area contributed by atoms with Crippen molar-refractivity contribution in [1.82, 2.24) is 14.8 Å². The Morgan fingerprint density at radius 2 is 2.20 bits per heavy atom. The Morgan fingerprint density at radius 3 is 2.92 bits per heavy atom. The summed E-state index contributed by atoms with van der Waals surface area (Å²) in [5.41, 5.74) is 1.37. The van der Waals surface area contributed by atoms with E-state index in [4.69, 9.17) is 12.2 Å². The molecule has 132 valence electrons. The molecule has 0 aliphatic carbocycles. The lowest BCUT2D eigenvalue weighted by Gasteiger charge is -2.20. The molecule has 25 heavy (non-hydrogen) atoms. The molecule has 0 unspecified atom stereocenters. The molecule has 0 radical (unpaired) electrons. The lowest BCUT2D eigenvalue weighted by Crippen LogP contribution is -2.26. The van der Waals surface area contributed by atoms with E-state index in [0.29, 0.717) is 23.4 Å². The molecule has 0 saturated carbocycles. The van der Waals surface area contributed by atoms with E-state index in [1.54, 1.807) is 15.5 Å². The number of carbonyl (C=O) groups excluding carboxylic acids is 2. The molecular weight excluding hydrogens is 338 g/mol. The van der Waals surface area contributed by atoms with Crippen LogP contribution in [0.25, 0.3) is 0 Å². The summed E-state index contributed by atoms with van der Waals surface area (Å²) in [5.74, 6) is 0.656. The van der Waals surface area contributed by atoms with Gasteiger partial charge in [-0.1, -0.05) is 19.1 Å². The predicted molar refractivity (Wildman–Crippen MR) is 98.1 cm³/mol. The topological polar surface area (TPSA) is 83.0 Å². The fraction of sp³-hybridized carbons (Fsp3) is 0.412. The third-order valence-electron chi connectivity index (χ3n) is 4.16. The summed E-state index contributed by atoms with van der Waals surface area (Å²) in [5, 5.41) is 9.81. The molecular formula is C17H21N5O2S. The summed E-state index contributed by atoms with van der Waals surface area (Å²) in [6, 6.07) is 7.36. The first kappa shape index (κ1) is 17.3. The normalized spacial score (nSPS) is 14.1. The highest BCUT2D eigenvalue weighted by atomic mass is 32.1. The second-order valence-corrected chi connectivity index (χ2v) is 6.38. The van der Waals surface area contributed by atoms with Gasteiger partial charge < -0.3 is 10.2 Å². The van der Waals surface area contributed by atoms with Gasteiger partial charge in [-0.25, -0.2) is 0 Å². The summed E-state index contributed by atoms with van der Waals surface area (Å²) in [4.78, 5) is 26.3. The monoisotopic (exact) mass is 359 g/mol. The Hall–Kier alpha value is -2.48. The van der Waals surface area contributed by atoms with E-state index in [2.05, 4.69) is 15.5 Å². The van der Waals surface area contributed by atoms with Gasteiger partial charge in [-0.15, -0.1) is 0 Å². The lowest BCUT2D eigenvalue weighted by molar-refractivity contribution is -0.117. The van der Waals surface area contributed by atoms with Gasteiger partial charge in [0.25, 0.3) is 0 Å². The van der Waals surface area contributed by atoms with Gasteiger partial charge in [0.1, 0.15) is 12.4 Å². The summed E-state index contributed by atoms with van der Waals surface area (Å²) in [7, 11) is 0. The molecule has 1 saturated heterocycles. The zero-order valence-electron chi connectivity index (χ0n) is 14.1. The van der Waals surface area contributed by atoms with Crippen LogP contribution >= 0.6 is 12.2 Å². The van der Waals surface area contributed by atoms with Crippen molar-refractivity contribution in [2.24, 2.45) is 0 Å². The van der Waals surface area contributed by atoms with Gasteiger partial charge in [-0.05, 0) is 37.2 Å². The SMILES string of the molecule is CCCc1n[nH]c(=S)n1CC(=O)Nc1ccccc1N1CCCC1=O. The number of aryl methyl sites for hydroxylation is 1. The van der Waals surface area contributed by atoms with Gasteiger partial charge >= 0.3 is 0 Å². The molecule has 0 bridgehead atoms. The smallest absolute Gasteiger partial charge is 0.244 e. The minimum absolute atomic E-state index is 0.0870. The predicted octanol–water partition coefficient (Wildman–Crippen LogP) is 2.66. The Labute approximate surface area is 151 Å². The molecule has 3 rings (SSSR count). The molecule has 1 fully saturated rings.